The van der Waals surface area contributed by atoms with Gasteiger partial charge in [0.15, 0.2) is 11.6 Å². The molecule has 6 nitrogen and oxygen atoms in total. The molecular weight excluding hydrogens is 321 g/mol. The van der Waals surface area contributed by atoms with Gasteiger partial charge < -0.3 is 10.1 Å². The van der Waals surface area contributed by atoms with Gasteiger partial charge in [0, 0.05) is 6.20 Å². The van der Waals surface area contributed by atoms with Crippen molar-refractivity contribution in [3.05, 3.63) is 71.2 Å². The normalized spacial score (nSPS) is 10.5. The molecule has 0 radical (unpaired) electrons. The van der Waals surface area contributed by atoms with Crippen molar-refractivity contribution >= 4 is 5.82 Å². The maximum atomic E-state index is 13.9. The van der Waals surface area contributed by atoms with E-state index in [2.05, 4.69) is 25.3 Å². The van der Waals surface area contributed by atoms with E-state index in [-0.39, 0.29) is 11.8 Å². The van der Waals surface area contributed by atoms with Gasteiger partial charge in [0.2, 0.25) is 0 Å². The minimum absolute atomic E-state index is 0.0660. The van der Waals surface area contributed by atoms with E-state index in [1.54, 1.807) is 12.4 Å². The number of halogens is 1. The molecule has 25 heavy (non-hydrogen) atoms. The third-order valence-electron chi connectivity index (χ3n) is 3.48. The Morgan fingerprint density at radius 1 is 1.00 bits per heavy atom. The van der Waals surface area contributed by atoms with Gasteiger partial charge in [-0.3, -0.25) is 9.97 Å². The van der Waals surface area contributed by atoms with Crippen LogP contribution in [0.1, 0.15) is 22.5 Å². The molecule has 0 amide bonds. The van der Waals surface area contributed by atoms with Crippen molar-refractivity contribution in [2.45, 2.75) is 27.0 Å². The molecule has 0 aliphatic carbocycles. The van der Waals surface area contributed by atoms with Crippen LogP contribution in [0.5, 0.6) is 6.01 Å². The van der Waals surface area contributed by atoms with Crippen LogP contribution in [0.3, 0.4) is 0 Å². The predicted molar refractivity (Wildman–Crippen MR) is 91.6 cm³/mol. The Hall–Kier alpha value is -3.09. The average Bonchev–Trinajstić information content (AvgIpc) is 2.62. The van der Waals surface area contributed by atoms with E-state index in [0.29, 0.717) is 18.8 Å². The second-order valence-corrected chi connectivity index (χ2v) is 5.63. The van der Waals surface area contributed by atoms with Crippen LogP contribution in [0, 0.1) is 19.7 Å². The Bertz CT molecular complexity index is 837. The molecule has 0 saturated carbocycles. The Labute approximate surface area is 145 Å². The van der Waals surface area contributed by atoms with Gasteiger partial charge in [-0.2, -0.15) is 4.98 Å². The number of hydrogen-bond acceptors (Lipinski definition) is 6. The lowest BCUT2D eigenvalue weighted by molar-refractivity contribution is 0.280. The zero-order valence-corrected chi connectivity index (χ0v) is 14.0. The van der Waals surface area contributed by atoms with E-state index in [9.17, 15) is 4.39 Å². The predicted octanol–water partition coefficient (Wildman–Crippen LogP) is 3.21. The Balaban J connectivity index is 1.63. The third-order valence-corrected chi connectivity index (χ3v) is 3.48. The largest absolute Gasteiger partial charge is 0.459 e. The molecule has 3 rings (SSSR count). The van der Waals surface area contributed by atoms with Crippen LogP contribution < -0.4 is 10.1 Å². The highest BCUT2D eigenvalue weighted by Gasteiger charge is 2.08. The van der Waals surface area contributed by atoms with Gasteiger partial charge in [-0.25, -0.2) is 9.37 Å². The summed E-state index contributed by atoms with van der Waals surface area (Å²) in [5, 5.41) is 2.89. The third kappa shape index (κ3) is 4.69. The number of anilines is 1. The second kappa shape index (κ2) is 7.65. The number of nitrogens with zero attached hydrogens (tertiary/aromatic N) is 4. The SMILES string of the molecule is Cc1ccc(COc2ncc(F)c(NCc3cnc(C)cn3)n2)cc1. The maximum absolute atomic E-state index is 13.9. The van der Waals surface area contributed by atoms with Crippen LogP contribution in [-0.4, -0.2) is 19.9 Å². The van der Waals surface area contributed by atoms with Gasteiger partial charge in [-0.1, -0.05) is 29.8 Å². The van der Waals surface area contributed by atoms with Gasteiger partial charge >= 0.3 is 6.01 Å². The number of aromatic nitrogens is 4. The van der Waals surface area contributed by atoms with Gasteiger partial charge in [0.1, 0.15) is 6.61 Å². The number of aryl methyl sites for hydroxylation is 2. The Morgan fingerprint density at radius 2 is 1.80 bits per heavy atom. The van der Waals surface area contributed by atoms with E-state index in [1.165, 1.54) is 5.56 Å². The highest BCUT2D eigenvalue weighted by molar-refractivity contribution is 5.36. The fraction of sp³-hybridized carbons (Fsp3) is 0.222. The monoisotopic (exact) mass is 339 g/mol. The van der Waals surface area contributed by atoms with Crippen LogP contribution in [0.4, 0.5) is 10.2 Å². The van der Waals surface area contributed by atoms with Gasteiger partial charge in [-0.05, 0) is 19.4 Å². The fourth-order valence-corrected chi connectivity index (χ4v) is 2.06. The number of hydrogen-bond donors (Lipinski definition) is 1. The summed E-state index contributed by atoms with van der Waals surface area (Å²) in [5.41, 5.74) is 3.67. The zero-order valence-electron chi connectivity index (χ0n) is 14.0. The lowest BCUT2D eigenvalue weighted by atomic mass is 10.2. The Morgan fingerprint density at radius 3 is 2.52 bits per heavy atom. The first-order chi connectivity index (χ1) is 12.1. The molecule has 0 spiro atoms. The molecule has 0 aliphatic rings. The molecule has 128 valence electrons. The average molecular weight is 339 g/mol. The summed E-state index contributed by atoms with van der Waals surface area (Å²) in [7, 11) is 0. The van der Waals surface area contributed by atoms with Crippen molar-refractivity contribution in [1.82, 2.24) is 19.9 Å². The van der Waals surface area contributed by atoms with E-state index >= 15 is 0 Å². The van der Waals surface area contributed by atoms with Gasteiger partial charge in [0.25, 0.3) is 0 Å². The van der Waals surface area contributed by atoms with E-state index in [0.717, 1.165) is 17.5 Å². The molecule has 0 saturated heterocycles. The first-order valence-corrected chi connectivity index (χ1v) is 7.82. The van der Waals surface area contributed by atoms with Crippen molar-refractivity contribution < 1.29 is 9.13 Å². The molecule has 0 unspecified atom stereocenters. The summed E-state index contributed by atoms with van der Waals surface area (Å²) < 4.78 is 19.4. The Kier molecular flexibility index (Phi) is 5.13. The van der Waals surface area contributed by atoms with Crippen molar-refractivity contribution in [2.24, 2.45) is 0 Å². The summed E-state index contributed by atoms with van der Waals surface area (Å²) in [6, 6.07) is 8.04. The number of benzene rings is 1. The van der Waals surface area contributed by atoms with Crippen molar-refractivity contribution in [1.29, 1.82) is 0 Å². The summed E-state index contributed by atoms with van der Waals surface area (Å²) in [5.74, 6) is -0.487. The quantitative estimate of drug-likeness (QED) is 0.743. The minimum atomic E-state index is -0.553. The molecule has 1 N–H and O–H groups in total. The molecule has 0 fully saturated rings. The number of rotatable bonds is 6. The van der Waals surface area contributed by atoms with Crippen LogP contribution >= 0.6 is 0 Å². The first-order valence-electron chi connectivity index (χ1n) is 7.82. The van der Waals surface area contributed by atoms with E-state index in [1.807, 2.05) is 38.1 Å². The number of ether oxygens (including phenoxy) is 1. The summed E-state index contributed by atoms with van der Waals surface area (Å²) in [6.07, 6.45) is 4.38. The highest BCUT2D eigenvalue weighted by atomic mass is 19.1. The topological polar surface area (TPSA) is 72.8 Å². The van der Waals surface area contributed by atoms with Crippen LogP contribution in [-0.2, 0) is 13.2 Å². The molecular formula is C18H18FN5O. The van der Waals surface area contributed by atoms with E-state index < -0.39 is 5.82 Å². The molecule has 2 heterocycles. The maximum Gasteiger partial charge on any atom is 0.318 e. The molecule has 0 aliphatic heterocycles. The summed E-state index contributed by atoms with van der Waals surface area (Å²) >= 11 is 0. The highest BCUT2D eigenvalue weighted by Crippen LogP contribution is 2.15. The molecule has 1 aromatic carbocycles. The van der Waals surface area contributed by atoms with Gasteiger partial charge in [0.05, 0.1) is 30.3 Å². The summed E-state index contributed by atoms with van der Waals surface area (Å²) in [4.78, 5) is 16.3. The smallest absolute Gasteiger partial charge is 0.318 e. The van der Waals surface area contributed by atoms with Crippen LogP contribution in [0.25, 0.3) is 0 Å². The lowest BCUT2D eigenvalue weighted by Gasteiger charge is -2.09. The lowest BCUT2D eigenvalue weighted by Crippen LogP contribution is -2.08. The van der Waals surface area contributed by atoms with Crippen LogP contribution in [0.2, 0.25) is 0 Å². The zero-order chi connectivity index (χ0) is 17.6. The molecule has 3 aromatic rings. The standard InChI is InChI=1S/C18H18FN5O/c1-12-3-5-14(6-4-12)11-25-18-23-10-16(19)17(24-18)22-9-15-8-20-13(2)7-21-15/h3-8,10H,9,11H2,1-2H3,(H,22,23,24). The van der Waals surface area contributed by atoms with Crippen molar-refractivity contribution in [2.75, 3.05) is 5.32 Å². The fourth-order valence-electron chi connectivity index (χ4n) is 2.06. The minimum Gasteiger partial charge on any atom is -0.459 e. The molecule has 7 heteroatoms. The van der Waals surface area contributed by atoms with Gasteiger partial charge in [-0.15, -0.1) is 0 Å². The van der Waals surface area contributed by atoms with E-state index in [4.69, 9.17) is 4.74 Å². The second-order valence-electron chi connectivity index (χ2n) is 5.63. The summed E-state index contributed by atoms with van der Waals surface area (Å²) in [6.45, 7) is 4.49. The van der Waals surface area contributed by atoms with Crippen molar-refractivity contribution in [3.8, 4) is 6.01 Å². The van der Waals surface area contributed by atoms with Crippen LogP contribution in [0.15, 0.2) is 42.9 Å². The molecule has 0 bridgehead atoms. The first kappa shape index (κ1) is 16.8. The number of nitrogens with one attached hydrogen (secondary N) is 1. The molecule has 0 atom stereocenters. The van der Waals surface area contributed by atoms with Crippen molar-refractivity contribution in [3.63, 3.8) is 0 Å². The molecule has 2 aromatic heterocycles.